The number of carbonyl (C=O) groups is 1. The Kier molecular flexibility index (Phi) is 52.3. The number of hydrogen-bond acceptors (Lipinski definition) is 3. The van der Waals surface area contributed by atoms with E-state index in [9.17, 15) is 15.0 Å². The highest BCUT2D eigenvalue weighted by atomic mass is 16.3. The number of carbonyl (C=O) groups excluding carboxylic acids is 1. The van der Waals surface area contributed by atoms with Gasteiger partial charge in [0.2, 0.25) is 5.91 Å². The van der Waals surface area contributed by atoms with Crippen LogP contribution < -0.4 is 5.32 Å². The van der Waals surface area contributed by atoms with E-state index in [-0.39, 0.29) is 12.5 Å². The Labute approximate surface area is 393 Å². The summed E-state index contributed by atoms with van der Waals surface area (Å²) >= 11 is 0. The average molecular weight is 879 g/mol. The van der Waals surface area contributed by atoms with Crippen LogP contribution in [0.25, 0.3) is 0 Å². The van der Waals surface area contributed by atoms with E-state index in [0.717, 1.165) is 64.2 Å². The molecule has 0 aromatic rings. The summed E-state index contributed by atoms with van der Waals surface area (Å²) in [6, 6.07) is -0.546. The molecule has 366 valence electrons. The molecule has 1 amide bonds. The van der Waals surface area contributed by atoms with E-state index in [1.165, 1.54) is 186 Å². The van der Waals surface area contributed by atoms with Crippen molar-refractivity contribution in [2.24, 2.45) is 0 Å². The van der Waals surface area contributed by atoms with Crippen LogP contribution in [-0.4, -0.2) is 34.9 Å². The Morgan fingerprint density at radius 1 is 0.397 bits per heavy atom. The highest BCUT2D eigenvalue weighted by Crippen LogP contribution is 2.17. The van der Waals surface area contributed by atoms with Crippen molar-refractivity contribution in [3.05, 3.63) is 72.9 Å². The number of nitrogens with one attached hydrogen (secondary N) is 1. The minimum atomic E-state index is -0.668. The first-order valence-electron chi connectivity index (χ1n) is 27.6. The second kappa shape index (κ2) is 54.2. The second-order valence-electron chi connectivity index (χ2n) is 18.6. The maximum absolute atomic E-state index is 12.5. The molecule has 0 saturated heterocycles. The molecule has 0 radical (unpaired) electrons. The molecule has 3 N–H and O–H groups in total. The quantitative estimate of drug-likeness (QED) is 0.0421. The van der Waals surface area contributed by atoms with Gasteiger partial charge in [0.15, 0.2) is 0 Å². The van der Waals surface area contributed by atoms with E-state index in [2.05, 4.69) is 92.1 Å². The van der Waals surface area contributed by atoms with E-state index < -0.39 is 12.1 Å². The molecule has 63 heavy (non-hydrogen) atoms. The van der Waals surface area contributed by atoms with Gasteiger partial charge in [-0.1, -0.05) is 279 Å². The van der Waals surface area contributed by atoms with Crippen molar-refractivity contribution in [3.63, 3.8) is 0 Å². The minimum Gasteiger partial charge on any atom is -0.394 e. The topological polar surface area (TPSA) is 69.6 Å². The highest BCUT2D eigenvalue weighted by Gasteiger charge is 2.20. The van der Waals surface area contributed by atoms with Crippen molar-refractivity contribution < 1.29 is 15.0 Å². The lowest BCUT2D eigenvalue weighted by Gasteiger charge is -2.22. The third kappa shape index (κ3) is 50.7. The van der Waals surface area contributed by atoms with Gasteiger partial charge in [-0.2, -0.15) is 0 Å². The Morgan fingerprint density at radius 3 is 1.05 bits per heavy atom. The molecule has 0 saturated carbocycles. The number of aliphatic hydroxyl groups is 2. The highest BCUT2D eigenvalue weighted by molar-refractivity contribution is 5.76. The molecule has 0 bridgehead atoms. The molecule has 0 rings (SSSR count). The first-order chi connectivity index (χ1) is 31.2. The van der Waals surface area contributed by atoms with Crippen LogP contribution in [0.4, 0.5) is 0 Å². The van der Waals surface area contributed by atoms with Crippen molar-refractivity contribution in [1.82, 2.24) is 5.32 Å². The fourth-order valence-electron chi connectivity index (χ4n) is 8.31. The Balaban J connectivity index is 3.52. The fraction of sp³-hybridized carbons (Fsp3) is 0.780. The molecule has 0 aliphatic carbocycles. The van der Waals surface area contributed by atoms with Crippen LogP contribution in [-0.2, 0) is 4.79 Å². The van der Waals surface area contributed by atoms with Gasteiger partial charge in [0.25, 0.3) is 0 Å². The molecule has 4 heteroatoms. The Bertz CT molecular complexity index is 1090. The number of rotatable bonds is 50. The molecular formula is C59H107NO3. The zero-order valence-electron chi connectivity index (χ0n) is 42.1. The fourth-order valence-corrected chi connectivity index (χ4v) is 8.31. The molecule has 0 aromatic carbocycles. The third-order valence-electron chi connectivity index (χ3n) is 12.5. The summed E-state index contributed by atoms with van der Waals surface area (Å²) in [6.45, 7) is 4.26. The summed E-state index contributed by atoms with van der Waals surface area (Å²) in [5.41, 5.74) is 0. The van der Waals surface area contributed by atoms with Gasteiger partial charge in [-0.05, 0) is 64.2 Å². The predicted molar refractivity (Wildman–Crippen MR) is 281 cm³/mol. The third-order valence-corrected chi connectivity index (χ3v) is 12.5. The first kappa shape index (κ1) is 60.8. The molecule has 4 nitrogen and oxygen atoms in total. The lowest BCUT2D eigenvalue weighted by molar-refractivity contribution is -0.123. The Morgan fingerprint density at radius 2 is 0.698 bits per heavy atom. The van der Waals surface area contributed by atoms with Gasteiger partial charge in [-0.3, -0.25) is 4.79 Å². The van der Waals surface area contributed by atoms with Crippen molar-refractivity contribution in [2.45, 2.75) is 289 Å². The van der Waals surface area contributed by atoms with Crippen LogP contribution in [0.5, 0.6) is 0 Å². The number of aliphatic hydroxyl groups excluding tert-OH is 2. The van der Waals surface area contributed by atoms with Gasteiger partial charge in [-0.25, -0.2) is 0 Å². The standard InChI is InChI=1S/C59H107NO3/c1-3-5-7-9-11-13-15-17-19-21-23-25-27-29-30-31-33-35-37-39-41-43-45-47-49-51-53-55-59(63)60-57(56-61)58(62)54-52-50-48-46-44-42-40-38-36-34-32-28-26-24-22-20-18-16-14-12-10-8-6-4-2/h5,7,11,13,17,19,23,25,29-30,33,35,57-58,61-62H,3-4,6,8-10,12,14-16,18,20-22,24,26-28,31-32,34,36-56H2,1-2H3,(H,60,63)/b7-5-,13-11-,19-17-,25-23-,30-29-,35-33-. The van der Waals surface area contributed by atoms with Crippen LogP contribution in [0.15, 0.2) is 72.9 Å². The molecule has 0 aliphatic heterocycles. The van der Waals surface area contributed by atoms with Crippen LogP contribution in [0, 0.1) is 0 Å². The maximum atomic E-state index is 12.5. The van der Waals surface area contributed by atoms with E-state index >= 15 is 0 Å². The molecule has 0 aliphatic rings. The maximum Gasteiger partial charge on any atom is 0.220 e. The summed E-state index contributed by atoms with van der Waals surface area (Å²) in [5.74, 6) is -0.0397. The van der Waals surface area contributed by atoms with Crippen molar-refractivity contribution in [2.75, 3.05) is 6.61 Å². The molecule has 2 atom stereocenters. The van der Waals surface area contributed by atoms with Crippen LogP contribution in [0.1, 0.15) is 277 Å². The van der Waals surface area contributed by atoms with Gasteiger partial charge in [0.05, 0.1) is 18.8 Å². The molecule has 0 aromatic heterocycles. The number of unbranched alkanes of at least 4 members (excludes halogenated alkanes) is 31. The number of amides is 1. The minimum absolute atomic E-state index is 0.0397. The van der Waals surface area contributed by atoms with Crippen molar-refractivity contribution in [3.8, 4) is 0 Å². The van der Waals surface area contributed by atoms with Crippen LogP contribution in [0.2, 0.25) is 0 Å². The monoisotopic (exact) mass is 878 g/mol. The smallest absolute Gasteiger partial charge is 0.220 e. The first-order valence-corrected chi connectivity index (χ1v) is 27.6. The van der Waals surface area contributed by atoms with E-state index in [4.69, 9.17) is 0 Å². The van der Waals surface area contributed by atoms with E-state index in [1.807, 2.05) is 0 Å². The summed E-state index contributed by atoms with van der Waals surface area (Å²) in [4.78, 5) is 12.5. The average Bonchev–Trinajstić information content (AvgIpc) is 3.29. The normalized spacial score (nSPS) is 13.4. The molecular weight excluding hydrogens is 771 g/mol. The zero-order valence-corrected chi connectivity index (χ0v) is 42.1. The van der Waals surface area contributed by atoms with Crippen molar-refractivity contribution >= 4 is 5.91 Å². The summed E-state index contributed by atoms with van der Waals surface area (Å²) in [6.07, 6.45) is 77.3. The van der Waals surface area contributed by atoms with Gasteiger partial charge in [-0.15, -0.1) is 0 Å². The second-order valence-corrected chi connectivity index (χ2v) is 18.6. The van der Waals surface area contributed by atoms with Gasteiger partial charge in [0.1, 0.15) is 0 Å². The molecule has 2 unspecified atom stereocenters. The number of allylic oxidation sites excluding steroid dienone is 12. The summed E-state index contributed by atoms with van der Waals surface area (Å²) in [5, 5.41) is 23.3. The Hall–Kier alpha value is -2.17. The largest absolute Gasteiger partial charge is 0.394 e. The predicted octanol–water partition coefficient (Wildman–Crippen LogP) is 18.2. The summed E-state index contributed by atoms with van der Waals surface area (Å²) in [7, 11) is 0. The SMILES string of the molecule is CC/C=C\C/C=C\C/C=C\C/C=C\C/C=C\C/C=C\CCCCCCCCCCC(=O)NC(CO)C(O)CCCCCCCCCCCCCCCCCCCCCCCCCC. The zero-order chi connectivity index (χ0) is 45.6. The van der Waals surface area contributed by atoms with Crippen LogP contribution >= 0.6 is 0 Å². The summed E-state index contributed by atoms with van der Waals surface area (Å²) < 4.78 is 0. The van der Waals surface area contributed by atoms with Gasteiger partial charge in [0, 0.05) is 6.42 Å². The lowest BCUT2D eigenvalue weighted by Crippen LogP contribution is -2.45. The molecule has 0 spiro atoms. The van der Waals surface area contributed by atoms with Gasteiger partial charge < -0.3 is 15.5 Å². The molecule has 0 heterocycles. The van der Waals surface area contributed by atoms with Gasteiger partial charge >= 0.3 is 0 Å². The molecule has 0 fully saturated rings. The van der Waals surface area contributed by atoms with Crippen LogP contribution in [0.3, 0.4) is 0 Å². The number of hydrogen-bond donors (Lipinski definition) is 3. The lowest BCUT2D eigenvalue weighted by atomic mass is 10.0. The van der Waals surface area contributed by atoms with E-state index in [0.29, 0.717) is 12.8 Å². The van der Waals surface area contributed by atoms with Crippen molar-refractivity contribution in [1.29, 1.82) is 0 Å². The van der Waals surface area contributed by atoms with E-state index in [1.54, 1.807) is 0 Å².